The second-order valence-electron chi connectivity index (χ2n) is 4.60. The van der Waals surface area contributed by atoms with Gasteiger partial charge in [0.25, 0.3) is 0 Å². The third-order valence-corrected chi connectivity index (χ3v) is 4.54. The number of hydrogen-bond donors (Lipinski definition) is 0. The molecule has 2 aromatic rings. The summed E-state index contributed by atoms with van der Waals surface area (Å²) in [4.78, 5) is 11.8. The molecule has 0 N–H and O–H groups in total. The lowest BCUT2D eigenvalue weighted by atomic mass is 10.2. The lowest BCUT2D eigenvalue weighted by Crippen LogP contribution is -2.04. The summed E-state index contributed by atoms with van der Waals surface area (Å²) in [6.07, 6.45) is 1.07. The molecule has 8 heteroatoms. The lowest BCUT2D eigenvalue weighted by molar-refractivity contribution is 0.0598. The summed E-state index contributed by atoms with van der Waals surface area (Å²) >= 11 is 12.0. The maximum atomic E-state index is 11.7. The van der Waals surface area contributed by atoms with Gasteiger partial charge in [0.15, 0.2) is 9.84 Å². The smallest absolute Gasteiger partial charge is 0.341 e. The first-order chi connectivity index (χ1) is 10.7. The van der Waals surface area contributed by atoms with Crippen molar-refractivity contribution >= 4 is 39.0 Å². The maximum Gasteiger partial charge on any atom is 0.341 e. The van der Waals surface area contributed by atoms with Crippen LogP contribution in [0.25, 0.3) is 0 Å². The number of hydrogen-bond acceptors (Lipinski definition) is 5. The molecule has 0 bridgehead atoms. The molecule has 23 heavy (non-hydrogen) atoms. The fraction of sp³-hybridized carbons (Fsp3) is 0.133. The third kappa shape index (κ3) is 4.16. The molecule has 0 atom stereocenters. The summed E-state index contributed by atoms with van der Waals surface area (Å²) in [5, 5.41) is 0.445. The molecule has 0 saturated carbocycles. The van der Waals surface area contributed by atoms with Crippen molar-refractivity contribution in [1.82, 2.24) is 0 Å². The first-order valence-corrected chi connectivity index (χ1v) is 8.92. The van der Waals surface area contributed by atoms with Gasteiger partial charge < -0.3 is 9.47 Å². The van der Waals surface area contributed by atoms with Gasteiger partial charge >= 0.3 is 5.97 Å². The average molecular weight is 375 g/mol. The van der Waals surface area contributed by atoms with E-state index < -0.39 is 15.8 Å². The number of sulfone groups is 1. The largest absolute Gasteiger partial charge is 0.465 e. The van der Waals surface area contributed by atoms with E-state index in [4.69, 9.17) is 27.9 Å². The van der Waals surface area contributed by atoms with Crippen LogP contribution in [0, 0.1) is 0 Å². The van der Waals surface area contributed by atoms with Crippen LogP contribution in [-0.4, -0.2) is 27.8 Å². The Labute approximate surface area is 143 Å². The van der Waals surface area contributed by atoms with Crippen molar-refractivity contribution in [3.8, 4) is 11.5 Å². The Morgan fingerprint density at radius 3 is 2.30 bits per heavy atom. The Hall–Kier alpha value is -1.76. The lowest BCUT2D eigenvalue weighted by Gasteiger charge is -2.12. The first kappa shape index (κ1) is 17.6. The zero-order chi connectivity index (χ0) is 17.2. The van der Waals surface area contributed by atoms with E-state index in [9.17, 15) is 13.2 Å². The molecule has 0 spiro atoms. The normalized spacial score (nSPS) is 11.1. The molecule has 0 aliphatic rings. The Kier molecular flexibility index (Phi) is 5.19. The molecule has 122 valence electrons. The van der Waals surface area contributed by atoms with E-state index in [0.717, 1.165) is 6.26 Å². The van der Waals surface area contributed by atoms with Crippen LogP contribution in [0.3, 0.4) is 0 Å². The van der Waals surface area contributed by atoms with Gasteiger partial charge in [-0.05, 0) is 30.3 Å². The minimum atomic E-state index is -3.38. The van der Waals surface area contributed by atoms with E-state index in [-0.39, 0.29) is 27.0 Å². The molecule has 5 nitrogen and oxygen atoms in total. The number of rotatable bonds is 4. The average Bonchev–Trinajstić information content (AvgIpc) is 2.47. The zero-order valence-electron chi connectivity index (χ0n) is 12.2. The van der Waals surface area contributed by atoms with Crippen molar-refractivity contribution in [2.75, 3.05) is 13.4 Å². The van der Waals surface area contributed by atoms with Crippen molar-refractivity contribution in [3.63, 3.8) is 0 Å². The van der Waals surface area contributed by atoms with E-state index in [1.807, 2.05) is 0 Å². The SMILES string of the molecule is COC(=O)c1ccc(Cl)cc1Oc1ccc(S(C)(=O)=O)cc1Cl. The van der Waals surface area contributed by atoms with Crippen molar-refractivity contribution in [2.24, 2.45) is 0 Å². The molecule has 0 radical (unpaired) electrons. The standard InChI is InChI=1S/C15H12Cl2O5S/c1-21-15(18)11-5-3-9(16)7-14(11)22-13-6-4-10(8-12(13)17)23(2,19)20/h3-8H,1-2H3. The monoisotopic (exact) mass is 374 g/mol. The van der Waals surface area contributed by atoms with E-state index in [1.54, 1.807) is 0 Å². The Morgan fingerprint density at radius 2 is 1.74 bits per heavy atom. The van der Waals surface area contributed by atoms with Gasteiger partial charge in [-0.3, -0.25) is 0 Å². The van der Waals surface area contributed by atoms with Crippen LogP contribution < -0.4 is 4.74 Å². The number of halogens is 2. The summed E-state index contributed by atoms with van der Waals surface area (Å²) < 4.78 is 33.3. The highest BCUT2D eigenvalue weighted by Crippen LogP contribution is 2.34. The number of benzene rings is 2. The predicted octanol–water partition coefficient (Wildman–Crippen LogP) is 3.98. The summed E-state index contributed by atoms with van der Waals surface area (Å²) in [5.41, 5.74) is 0.167. The van der Waals surface area contributed by atoms with Crippen LogP contribution in [0.4, 0.5) is 0 Å². The number of carbonyl (C=O) groups excluding carboxylic acids is 1. The van der Waals surface area contributed by atoms with Crippen LogP contribution in [0.5, 0.6) is 11.5 Å². The molecule has 0 heterocycles. The molecule has 0 aliphatic carbocycles. The topological polar surface area (TPSA) is 69.7 Å². The minimum absolute atomic E-state index is 0.0640. The number of esters is 1. The van der Waals surface area contributed by atoms with E-state index in [0.29, 0.717) is 5.02 Å². The summed E-state index contributed by atoms with van der Waals surface area (Å²) in [6, 6.07) is 8.46. The molecule has 0 aromatic heterocycles. The highest BCUT2D eigenvalue weighted by Gasteiger charge is 2.17. The van der Waals surface area contributed by atoms with E-state index in [1.165, 1.54) is 43.5 Å². The molecule has 0 saturated heterocycles. The summed E-state index contributed by atoms with van der Waals surface area (Å²) in [5.74, 6) is -0.259. The Morgan fingerprint density at radius 1 is 1.04 bits per heavy atom. The maximum absolute atomic E-state index is 11.7. The van der Waals surface area contributed by atoms with E-state index >= 15 is 0 Å². The van der Waals surface area contributed by atoms with Gasteiger partial charge in [-0.2, -0.15) is 0 Å². The molecule has 0 unspecified atom stereocenters. The quantitative estimate of drug-likeness (QED) is 0.757. The number of ether oxygens (including phenoxy) is 2. The highest BCUT2D eigenvalue weighted by molar-refractivity contribution is 7.90. The third-order valence-electron chi connectivity index (χ3n) is 2.90. The van der Waals surface area contributed by atoms with E-state index in [2.05, 4.69) is 4.74 Å². The van der Waals surface area contributed by atoms with Gasteiger partial charge in [0.1, 0.15) is 17.1 Å². The molecular formula is C15H12Cl2O5S. The van der Waals surface area contributed by atoms with Gasteiger partial charge in [-0.1, -0.05) is 23.2 Å². The molecule has 0 amide bonds. The van der Waals surface area contributed by atoms with Gasteiger partial charge in [-0.15, -0.1) is 0 Å². The first-order valence-electron chi connectivity index (χ1n) is 6.27. The van der Waals surface area contributed by atoms with Crippen molar-refractivity contribution < 1.29 is 22.7 Å². The van der Waals surface area contributed by atoms with Crippen molar-refractivity contribution in [1.29, 1.82) is 0 Å². The van der Waals surface area contributed by atoms with Crippen LogP contribution in [0.15, 0.2) is 41.3 Å². The number of carbonyl (C=O) groups is 1. The molecule has 0 fully saturated rings. The van der Waals surface area contributed by atoms with Gasteiger partial charge in [-0.25, -0.2) is 13.2 Å². The molecule has 2 aromatic carbocycles. The Bertz CT molecular complexity index is 862. The zero-order valence-corrected chi connectivity index (χ0v) is 14.5. The van der Waals surface area contributed by atoms with Crippen LogP contribution in [0.1, 0.15) is 10.4 Å². The fourth-order valence-electron chi connectivity index (χ4n) is 1.77. The molecule has 0 aliphatic heterocycles. The van der Waals surface area contributed by atoms with Gasteiger partial charge in [0.05, 0.1) is 17.0 Å². The highest BCUT2D eigenvalue weighted by atomic mass is 35.5. The van der Waals surface area contributed by atoms with Crippen molar-refractivity contribution in [2.45, 2.75) is 4.90 Å². The molecule has 2 rings (SSSR count). The van der Waals surface area contributed by atoms with Crippen LogP contribution >= 0.6 is 23.2 Å². The van der Waals surface area contributed by atoms with Crippen LogP contribution in [0.2, 0.25) is 10.0 Å². The second kappa shape index (κ2) is 6.78. The van der Waals surface area contributed by atoms with Crippen molar-refractivity contribution in [3.05, 3.63) is 52.0 Å². The van der Waals surface area contributed by atoms with Crippen LogP contribution in [-0.2, 0) is 14.6 Å². The van der Waals surface area contributed by atoms with Gasteiger partial charge in [0.2, 0.25) is 0 Å². The second-order valence-corrected chi connectivity index (χ2v) is 7.46. The van der Waals surface area contributed by atoms with Gasteiger partial charge in [0, 0.05) is 17.3 Å². The molecular weight excluding hydrogens is 363 g/mol. The summed E-state index contributed by atoms with van der Waals surface area (Å²) in [7, 11) is -2.14. The number of methoxy groups -OCH3 is 1. The predicted molar refractivity (Wildman–Crippen MR) is 87.4 cm³/mol. The fourth-order valence-corrected chi connectivity index (χ4v) is 2.87. The minimum Gasteiger partial charge on any atom is -0.465 e. The Balaban J connectivity index is 2.44. The summed E-state index contributed by atoms with van der Waals surface area (Å²) in [6.45, 7) is 0.